The monoisotopic (exact) mass is 311 g/mol. The molecule has 1 heterocycles. The summed E-state index contributed by atoms with van der Waals surface area (Å²) in [6.07, 6.45) is 1.73. The zero-order valence-corrected chi connectivity index (χ0v) is 13.1. The van der Waals surface area contributed by atoms with Crippen molar-refractivity contribution in [1.82, 2.24) is 4.90 Å². The van der Waals surface area contributed by atoms with Crippen LogP contribution in [0.4, 0.5) is 0 Å². The largest absolute Gasteiger partial charge is 0.491 e. The molecule has 0 saturated carbocycles. The summed E-state index contributed by atoms with van der Waals surface area (Å²) < 4.78 is 10.8. The highest BCUT2D eigenvalue weighted by atomic mass is 35.5. The van der Waals surface area contributed by atoms with Gasteiger partial charge in [0.1, 0.15) is 12.4 Å². The number of carbonyl (C=O) groups excluding carboxylic acids is 1. The van der Waals surface area contributed by atoms with Gasteiger partial charge in [-0.15, -0.1) is 0 Å². The second-order valence-corrected chi connectivity index (χ2v) is 5.55. The van der Waals surface area contributed by atoms with Gasteiger partial charge >= 0.3 is 5.97 Å². The van der Waals surface area contributed by atoms with Gasteiger partial charge in [-0.05, 0) is 45.0 Å². The van der Waals surface area contributed by atoms with Crippen LogP contribution in [0.2, 0.25) is 5.02 Å². The lowest BCUT2D eigenvalue weighted by Crippen LogP contribution is -2.39. The average Bonchev–Trinajstić information content (AvgIpc) is 2.50. The maximum absolute atomic E-state index is 11.7. The SMILES string of the molecule is CCOC(=O)C1CCN(CCOc2ccccc2Cl)CC1. The maximum Gasteiger partial charge on any atom is 0.309 e. The number of esters is 1. The molecule has 1 fully saturated rings. The maximum atomic E-state index is 11.7. The fraction of sp³-hybridized carbons (Fsp3) is 0.562. The summed E-state index contributed by atoms with van der Waals surface area (Å²) in [5.41, 5.74) is 0. The first-order chi connectivity index (χ1) is 10.2. The van der Waals surface area contributed by atoms with Crippen molar-refractivity contribution in [2.24, 2.45) is 5.92 Å². The number of carbonyl (C=O) groups is 1. The molecule has 5 heteroatoms. The Balaban J connectivity index is 1.67. The molecule has 4 nitrogen and oxygen atoms in total. The summed E-state index contributed by atoms with van der Waals surface area (Å²) >= 11 is 6.04. The normalized spacial score (nSPS) is 16.7. The zero-order valence-electron chi connectivity index (χ0n) is 12.4. The van der Waals surface area contributed by atoms with Gasteiger partial charge in [0, 0.05) is 6.54 Å². The Labute approximate surface area is 131 Å². The molecular weight excluding hydrogens is 290 g/mol. The highest BCUT2D eigenvalue weighted by Gasteiger charge is 2.25. The van der Waals surface area contributed by atoms with Gasteiger partial charge in [-0.2, -0.15) is 0 Å². The van der Waals surface area contributed by atoms with Crippen molar-refractivity contribution < 1.29 is 14.3 Å². The van der Waals surface area contributed by atoms with Gasteiger partial charge in [-0.3, -0.25) is 9.69 Å². The summed E-state index contributed by atoms with van der Waals surface area (Å²) in [7, 11) is 0. The highest BCUT2D eigenvalue weighted by molar-refractivity contribution is 6.32. The van der Waals surface area contributed by atoms with Crippen molar-refractivity contribution in [3.63, 3.8) is 0 Å². The van der Waals surface area contributed by atoms with E-state index in [4.69, 9.17) is 21.1 Å². The molecule has 1 aliphatic heterocycles. The quantitative estimate of drug-likeness (QED) is 0.757. The molecule has 0 spiro atoms. The molecule has 0 radical (unpaired) electrons. The first kappa shape index (κ1) is 16.1. The summed E-state index contributed by atoms with van der Waals surface area (Å²) in [5, 5.41) is 0.638. The minimum absolute atomic E-state index is 0.0514. The third kappa shape index (κ3) is 4.90. The van der Waals surface area contributed by atoms with Gasteiger partial charge in [0.05, 0.1) is 17.5 Å². The Kier molecular flexibility index (Phi) is 6.33. The van der Waals surface area contributed by atoms with E-state index in [0.29, 0.717) is 18.2 Å². The summed E-state index contributed by atoms with van der Waals surface area (Å²) in [6, 6.07) is 7.48. The van der Waals surface area contributed by atoms with Crippen molar-refractivity contribution in [1.29, 1.82) is 0 Å². The Bertz CT molecular complexity index is 459. The van der Waals surface area contributed by atoms with Gasteiger partial charge < -0.3 is 9.47 Å². The highest BCUT2D eigenvalue weighted by Crippen LogP contribution is 2.23. The Morgan fingerprint density at radius 2 is 2.05 bits per heavy atom. The van der Waals surface area contributed by atoms with Gasteiger partial charge in [0.2, 0.25) is 0 Å². The lowest BCUT2D eigenvalue weighted by molar-refractivity contribution is -0.149. The van der Waals surface area contributed by atoms with E-state index in [1.165, 1.54) is 0 Å². The lowest BCUT2D eigenvalue weighted by atomic mass is 9.97. The van der Waals surface area contributed by atoms with E-state index in [1.54, 1.807) is 0 Å². The fourth-order valence-corrected chi connectivity index (χ4v) is 2.69. The van der Waals surface area contributed by atoms with Crippen LogP contribution in [0.5, 0.6) is 5.75 Å². The Morgan fingerprint density at radius 3 is 2.71 bits per heavy atom. The van der Waals surface area contributed by atoms with Crippen molar-refractivity contribution in [3.8, 4) is 5.75 Å². The first-order valence-electron chi connectivity index (χ1n) is 7.47. The molecule has 2 rings (SSSR count). The number of hydrogen-bond acceptors (Lipinski definition) is 4. The number of rotatable bonds is 6. The molecule has 0 unspecified atom stereocenters. The predicted molar refractivity (Wildman–Crippen MR) is 82.7 cm³/mol. The topological polar surface area (TPSA) is 38.8 Å². The molecule has 1 aromatic rings. The van der Waals surface area contributed by atoms with Crippen LogP contribution in [-0.2, 0) is 9.53 Å². The number of ether oxygens (including phenoxy) is 2. The molecule has 1 aromatic carbocycles. The van der Waals surface area contributed by atoms with E-state index < -0.39 is 0 Å². The smallest absolute Gasteiger partial charge is 0.309 e. The van der Waals surface area contributed by atoms with Gasteiger partial charge in [-0.25, -0.2) is 0 Å². The number of para-hydroxylation sites is 1. The van der Waals surface area contributed by atoms with E-state index in [9.17, 15) is 4.79 Å². The molecular formula is C16H22ClNO3. The van der Waals surface area contributed by atoms with E-state index in [2.05, 4.69) is 4.90 Å². The molecule has 0 N–H and O–H groups in total. The summed E-state index contributed by atoms with van der Waals surface area (Å²) in [6.45, 7) is 5.59. The number of benzene rings is 1. The van der Waals surface area contributed by atoms with Crippen LogP contribution in [0.3, 0.4) is 0 Å². The fourth-order valence-electron chi connectivity index (χ4n) is 2.50. The molecule has 21 heavy (non-hydrogen) atoms. The molecule has 0 amide bonds. The van der Waals surface area contributed by atoms with Crippen LogP contribution in [0, 0.1) is 5.92 Å². The molecule has 0 bridgehead atoms. The van der Waals surface area contributed by atoms with E-state index in [0.717, 1.165) is 38.2 Å². The van der Waals surface area contributed by atoms with Crippen LogP contribution in [0.25, 0.3) is 0 Å². The molecule has 1 aliphatic rings. The first-order valence-corrected chi connectivity index (χ1v) is 7.84. The number of piperidine rings is 1. The standard InChI is InChI=1S/C16H22ClNO3/c1-2-20-16(19)13-7-9-18(10-8-13)11-12-21-15-6-4-3-5-14(15)17/h3-6,13H,2,7-12H2,1H3. The predicted octanol–water partition coefficient (Wildman–Crippen LogP) is 2.99. The number of likely N-dealkylation sites (tertiary alicyclic amines) is 1. The van der Waals surface area contributed by atoms with Crippen LogP contribution in [0.15, 0.2) is 24.3 Å². The minimum Gasteiger partial charge on any atom is -0.491 e. The molecule has 0 aromatic heterocycles. The minimum atomic E-state index is -0.0514. The second kappa shape index (κ2) is 8.25. The van der Waals surface area contributed by atoms with E-state index >= 15 is 0 Å². The van der Waals surface area contributed by atoms with E-state index in [1.807, 2.05) is 31.2 Å². The van der Waals surface area contributed by atoms with Crippen LogP contribution in [-0.4, -0.2) is 43.7 Å². The van der Waals surface area contributed by atoms with Crippen LogP contribution >= 0.6 is 11.6 Å². The van der Waals surface area contributed by atoms with Gasteiger partial charge in [-0.1, -0.05) is 23.7 Å². The zero-order chi connectivity index (χ0) is 15.1. The molecule has 116 valence electrons. The van der Waals surface area contributed by atoms with Crippen molar-refractivity contribution in [2.45, 2.75) is 19.8 Å². The average molecular weight is 312 g/mol. The van der Waals surface area contributed by atoms with Crippen molar-refractivity contribution in [2.75, 3.05) is 32.8 Å². The van der Waals surface area contributed by atoms with E-state index in [-0.39, 0.29) is 11.9 Å². The summed E-state index contributed by atoms with van der Waals surface area (Å²) in [4.78, 5) is 14.0. The third-order valence-electron chi connectivity index (χ3n) is 3.71. The van der Waals surface area contributed by atoms with Gasteiger partial charge in [0.15, 0.2) is 0 Å². The Hall–Kier alpha value is -1.26. The van der Waals surface area contributed by atoms with Crippen LogP contribution in [0.1, 0.15) is 19.8 Å². The summed E-state index contributed by atoms with van der Waals surface area (Å²) in [5.74, 6) is 0.732. The molecule has 0 aliphatic carbocycles. The third-order valence-corrected chi connectivity index (χ3v) is 4.02. The number of halogens is 1. The molecule has 0 atom stereocenters. The van der Waals surface area contributed by atoms with Gasteiger partial charge in [0.25, 0.3) is 0 Å². The second-order valence-electron chi connectivity index (χ2n) is 5.15. The van der Waals surface area contributed by atoms with Crippen molar-refractivity contribution >= 4 is 17.6 Å². The van der Waals surface area contributed by atoms with Crippen molar-refractivity contribution in [3.05, 3.63) is 29.3 Å². The number of nitrogens with zero attached hydrogens (tertiary/aromatic N) is 1. The van der Waals surface area contributed by atoms with Crippen LogP contribution < -0.4 is 4.74 Å². The Morgan fingerprint density at radius 1 is 1.33 bits per heavy atom. The molecule has 1 saturated heterocycles. The number of hydrogen-bond donors (Lipinski definition) is 0. The lowest BCUT2D eigenvalue weighted by Gasteiger charge is -2.30.